The first kappa shape index (κ1) is 12.6. The van der Waals surface area contributed by atoms with Crippen LogP contribution in [0.1, 0.15) is 32.4 Å². The lowest BCUT2D eigenvalue weighted by Crippen LogP contribution is -2.58. The molecule has 17 heavy (non-hydrogen) atoms. The van der Waals surface area contributed by atoms with Crippen molar-refractivity contribution in [2.75, 3.05) is 19.6 Å². The van der Waals surface area contributed by atoms with E-state index in [1.54, 1.807) is 0 Å². The molecule has 0 radical (unpaired) electrons. The van der Waals surface area contributed by atoms with Gasteiger partial charge in [0.05, 0.1) is 0 Å². The predicted octanol–water partition coefficient (Wildman–Crippen LogP) is 2.68. The summed E-state index contributed by atoms with van der Waals surface area (Å²) in [6, 6.07) is 12.2. The molecule has 0 amide bonds. The summed E-state index contributed by atoms with van der Waals surface area (Å²) in [6.45, 7) is 10.3. The van der Waals surface area contributed by atoms with E-state index in [1.807, 2.05) is 0 Å². The van der Waals surface area contributed by atoms with Gasteiger partial charge in [0.25, 0.3) is 0 Å². The van der Waals surface area contributed by atoms with Crippen molar-refractivity contribution in [3.05, 3.63) is 35.9 Å². The van der Waals surface area contributed by atoms with Crippen molar-refractivity contribution in [1.29, 1.82) is 0 Å². The monoisotopic (exact) mass is 232 g/mol. The SMILES string of the molecule is CCN(C1CNC1)C(c1ccccc1)C(C)C. The third kappa shape index (κ3) is 2.70. The molecule has 2 nitrogen and oxygen atoms in total. The molecule has 1 aliphatic rings. The predicted molar refractivity (Wildman–Crippen MR) is 73.1 cm³/mol. The Balaban J connectivity index is 2.21. The fourth-order valence-corrected chi connectivity index (χ4v) is 2.80. The first-order chi connectivity index (χ1) is 8.24. The zero-order valence-electron chi connectivity index (χ0n) is 11.2. The summed E-state index contributed by atoms with van der Waals surface area (Å²) in [5.41, 5.74) is 1.45. The van der Waals surface area contributed by atoms with Gasteiger partial charge in [-0.1, -0.05) is 51.1 Å². The molecule has 1 aromatic carbocycles. The second-order valence-corrected chi connectivity index (χ2v) is 5.24. The van der Waals surface area contributed by atoms with Gasteiger partial charge in [-0.25, -0.2) is 0 Å². The van der Waals surface area contributed by atoms with E-state index >= 15 is 0 Å². The molecule has 0 spiro atoms. The van der Waals surface area contributed by atoms with Crippen molar-refractivity contribution in [2.24, 2.45) is 5.92 Å². The molecular formula is C15H24N2. The maximum absolute atomic E-state index is 3.38. The van der Waals surface area contributed by atoms with Crippen LogP contribution < -0.4 is 5.32 Å². The smallest absolute Gasteiger partial charge is 0.0374 e. The van der Waals surface area contributed by atoms with Crippen molar-refractivity contribution in [1.82, 2.24) is 10.2 Å². The topological polar surface area (TPSA) is 15.3 Å². The molecule has 1 fully saturated rings. The van der Waals surface area contributed by atoms with E-state index in [0.717, 1.165) is 19.6 Å². The zero-order valence-corrected chi connectivity index (χ0v) is 11.2. The quantitative estimate of drug-likeness (QED) is 0.839. The molecule has 2 heteroatoms. The molecular weight excluding hydrogens is 208 g/mol. The highest BCUT2D eigenvalue weighted by atomic mass is 15.3. The van der Waals surface area contributed by atoms with Gasteiger partial charge < -0.3 is 5.32 Å². The Morgan fingerprint density at radius 2 is 1.88 bits per heavy atom. The van der Waals surface area contributed by atoms with Gasteiger partial charge in [0.1, 0.15) is 0 Å². The van der Waals surface area contributed by atoms with Crippen LogP contribution in [0.4, 0.5) is 0 Å². The molecule has 0 saturated carbocycles. The molecule has 94 valence electrons. The Morgan fingerprint density at radius 3 is 2.29 bits per heavy atom. The van der Waals surface area contributed by atoms with Crippen molar-refractivity contribution < 1.29 is 0 Å². The fourth-order valence-electron chi connectivity index (χ4n) is 2.80. The van der Waals surface area contributed by atoms with Crippen molar-refractivity contribution in [3.8, 4) is 0 Å². The van der Waals surface area contributed by atoms with Gasteiger partial charge in [-0.15, -0.1) is 0 Å². The van der Waals surface area contributed by atoms with Crippen LogP contribution in [0.15, 0.2) is 30.3 Å². The number of hydrogen-bond donors (Lipinski definition) is 1. The van der Waals surface area contributed by atoms with E-state index < -0.39 is 0 Å². The van der Waals surface area contributed by atoms with Crippen LogP contribution in [0.5, 0.6) is 0 Å². The molecule has 0 aromatic heterocycles. The van der Waals surface area contributed by atoms with Crippen molar-refractivity contribution in [3.63, 3.8) is 0 Å². The number of nitrogens with one attached hydrogen (secondary N) is 1. The summed E-state index contributed by atoms with van der Waals surface area (Å²) in [5, 5.41) is 3.38. The van der Waals surface area contributed by atoms with E-state index in [9.17, 15) is 0 Å². The van der Waals surface area contributed by atoms with E-state index in [-0.39, 0.29) is 0 Å². The van der Waals surface area contributed by atoms with Crippen LogP contribution in [0, 0.1) is 5.92 Å². The highest BCUT2D eigenvalue weighted by molar-refractivity contribution is 5.20. The molecule has 1 aliphatic heterocycles. The largest absolute Gasteiger partial charge is 0.314 e. The second kappa shape index (κ2) is 5.65. The van der Waals surface area contributed by atoms with Gasteiger partial charge in [-0.3, -0.25) is 4.90 Å². The number of nitrogens with zero attached hydrogens (tertiary/aromatic N) is 1. The van der Waals surface area contributed by atoms with Gasteiger partial charge >= 0.3 is 0 Å². The summed E-state index contributed by atoms with van der Waals surface area (Å²) >= 11 is 0. The van der Waals surface area contributed by atoms with Crippen LogP contribution in [-0.2, 0) is 0 Å². The Hall–Kier alpha value is -0.860. The standard InChI is InChI=1S/C15H24N2/c1-4-17(14-10-16-11-14)15(12(2)3)13-8-6-5-7-9-13/h5-9,12,14-16H,4,10-11H2,1-3H3. The molecule has 0 aliphatic carbocycles. The maximum Gasteiger partial charge on any atom is 0.0374 e. The lowest BCUT2D eigenvalue weighted by molar-refractivity contribution is 0.0753. The first-order valence-corrected chi connectivity index (χ1v) is 6.75. The Morgan fingerprint density at radius 1 is 1.24 bits per heavy atom. The Bertz CT molecular complexity index is 330. The highest BCUT2D eigenvalue weighted by Gasteiger charge is 2.31. The zero-order chi connectivity index (χ0) is 12.3. The molecule has 0 bridgehead atoms. The summed E-state index contributed by atoms with van der Waals surface area (Å²) in [4.78, 5) is 2.65. The Labute approximate surface area is 105 Å². The van der Waals surface area contributed by atoms with Crippen LogP contribution >= 0.6 is 0 Å². The molecule has 1 unspecified atom stereocenters. The third-order valence-electron chi connectivity index (χ3n) is 3.72. The minimum atomic E-state index is 0.549. The third-order valence-corrected chi connectivity index (χ3v) is 3.72. The summed E-state index contributed by atoms with van der Waals surface area (Å²) in [7, 11) is 0. The van der Waals surface area contributed by atoms with E-state index in [1.165, 1.54) is 5.56 Å². The van der Waals surface area contributed by atoms with Gasteiger partial charge in [0.2, 0.25) is 0 Å². The minimum absolute atomic E-state index is 0.549. The van der Waals surface area contributed by atoms with E-state index in [4.69, 9.17) is 0 Å². The average Bonchev–Trinajstić information content (AvgIpc) is 2.26. The number of hydrogen-bond acceptors (Lipinski definition) is 2. The number of rotatable bonds is 5. The molecule has 1 atom stereocenters. The molecule has 1 N–H and O–H groups in total. The van der Waals surface area contributed by atoms with Crippen molar-refractivity contribution in [2.45, 2.75) is 32.9 Å². The highest BCUT2D eigenvalue weighted by Crippen LogP contribution is 2.30. The first-order valence-electron chi connectivity index (χ1n) is 6.75. The van der Waals surface area contributed by atoms with Crippen molar-refractivity contribution >= 4 is 0 Å². The Kier molecular flexibility index (Phi) is 4.19. The van der Waals surface area contributed by atoms with Gasteiger partial charge in [-0.2, -0.15) is 0 Å². The second-order valence-electron chi connectivity index (χ2n) is 5.24. The normalized spacial score (nSPS) is 18.4. The van der Waals surface area contributed by atoms with Crippen LogP contribution in [0.25, 0.3) is 0 Å². The van der Waals surface area contributed by atoms with E-state index in [2.05, 4.69) is 61.3 Å². The minimum Gasteiger partial charge on any atom is -0.314 e. The molecule has 2 rings (SSSR count). The molecule has 1 heterocycles. The van der Waals surface area contributed by atoms with Crippen LogP contribution in [-0.4, -0.2) is 30.6 Å². The van der Waals surface area contributed by atoms with Crippen LogP contribution in [0.2, 0.25) is 0 Å². The van der Waals surface area contributed by atoms with Gasteiger partial charge in [-0.05, 0) is 18.0 Å². The molecule has 1 saturated heterocycles. The number of likely N-dealkylation sites (N-methyl/N-ethyl adjacent to an activating group) is 1. The summed E-state index contributed by atoms with van der Waals surface area (Å²) < 4.78 is 0. The average molecular weight is 232 g/mol. The summed E-state index contributed by atoms with van der Waals surface area (Å²) in [6.07, 6.45) is 0. The maximum atomic E-state index is 3.38. The lowest BCUT2D eigenvalue weighted by atomic mass is 9.92. The fraction of sp³-hybridized carbons (Fsp3) is 0.600. The van der Waals surface area contributed by atoms with Crippen LogP contribution in [0.3, 0.4) is 0 Å². The van der Waals surface area contributed by atoms with E-state index in [0.29, 0.717) is 18.0 Å². The number of benzene rings is 1. The van der Waals surface area contributed by atoms with Gasteiger partial charge in [0, 0.05) is 25.2 Å². The molecule has 1 aromatic rings. The van der Waals surface area contributed by atoms with Gasteiger partial charge in [0.15, 0.2) is 0 Å². The summed E-state index contributed by atoms with van der Waals surface area (Å²) in [5.74, 6) is 0.651. The lowest BCUT2D eigenvalue weighted by Gasteiger charge is -2.44.